The van der Waals surface area contributed by atoms with Crippen LogP contribution in [-0.2, 0) is 9.47 Å². The smallest absolute Gasteiger partial charge is 0.345 e. The molecule has 0 unspecified atom stereocenters. The number of aromatic nitrogens is 1. The van der Waals surface area contributed by atoms with Gasteiger partial charge >= 0.3 is 5.97 Å². The van der Waals surface area contributed by atoms with Crippen molar-refractivity contribution in [2.75, 3.05) is 31.2 Å². The van der Waals surface area contributed by atoms with Gasteiger partial charge in [-0.3, -0.25) is 19.7 Å². The van der Waals surface area contributed by atoms with Crippen LogP contribution in [0.4, 0.5) is 11.4 Å². The minimum absolute atomic E-state index is 0.171. The normalized spacial score (nSPS) is 14.7. The maximum Gasteiger partial charge on any atom is 0.345 e. The summed E-state index contributed by atoms with van der Waals surface area (Å²) in [7, 11) is 0. The number of nitrogens with one attached hydrogen (secondary N) is 1. The van der Waals surface area contributed by atoms with Crippen LogP contribution in [0.3, 0.4) is 0 Å². The van der Waals surface area contributed by atoms with Crippen molar-refractivity contribution in [1.29, 1.82) is 0 Å². The van der Waals surface area contributed by atoms with Gasteiger partial charge < -0.3 is 19.4 Å². The van der Waals surface area contributed by atoms with Crippen LogP contribution in [0.5, 0.6) is 0 Å². The second-order valence-electron chi connectivity index (χ2n) is 7.65. The second kappa shape index (κ2) is 9.31. The first-order valence-corrected chi connectivity index (χ1v) is 10.2. The van der Waals surface area contributed by atoms with Crippen molar-refractivity contribution in [3.05, 3.63) is 56.4 Å². The lowest BCUT2D eigenvalue weighted by molar-refractivity contribution is -0.385. The van der Waals surface area contributed by atoms with Crippen LogP contribution < -0.4 is 4.90 Å². The summed E-state index contributed by atoms with van der Waals surface area (Å²) < 4.78 is 10.6. The van der Waals surface area contributed by atoms with E-state index in [0.717, 1.165) is 0 Å². The van der Waals surface area contributed by atoms with Crippen LogP contribution in [0.2, 0.25) is 0 Å². The Labute approximate surface area is 184 Å². The fraction of sp³-hybridized carbons (Fsp3) is 0.409. The van der Waals surface area contributed by atoms with Crippen LogP contribution in [0.15, 0.2) is 18.2 Å². The molecule has 3 rings (SSSR count). The largest absolute Gasteiger partial charge is 0.450 e. The number of hydrogen-bond donors (Lipinski definition) is 1. The maximum absolute atomic E-state index is 12.9. The molecule has 1 aromatic heterocycles. The summed E-state index contributed by atoms with van der Waals surface area (Å²) in [5.41, 5.74) is 1.60. The fourth-order valence-electron chi connectivity index (χ4n) is 3.87. The number of Topliss-reactive ketones (excluding diaryl/α,β-unsaturated/α-hetero) is 2. The molecule has 2 aromatic rings. The predicted molar refractivity (Wildman–Crippen MR) is 116 cm³/mol. The molecule has 0 radical (unpaired) electrons. The Morgan fingerprint density at radius 3 is 2.44 bits per heavy atom. The van der Waals surface area contributed by atoms with Gasteiger partial charge in [-0.05, 0) is 45.4 Å². The molecule has 1 aliphatic rings. The van der Waals surface area contributed by atoms with E-state index in [-0.39, 0.29) is 17.0 Å². The summed E-state index contributed by atoms with van der Waals surface area (Å²) in [5, 5.41) is 11.5. The van der Waals surface area contributed by atoms with Crippen molar-refractivity contribution < 1.29 is 28.8 Å². The lowest BCUT2D eigenvalue weighted by Crippen LogP contribution is -2.36. The number of aromatic amines is 1. The molecule has 1 fully saturated rings. The number of hydrogen-bond acceptors (Lipinski definition) is 8. The highest BCUT2D eigenvalue weighted by molar-refractivity contribution is 6.06. The van der Waals surface area contributed by atoms with Crippen LogP contribution in [0, 0.1) is 24.0 Å². The Morgan fingerprint density at radius 1 is 1.22 bits per heavy atom. The number of esters is 1. The van der Waals surface area contributed by atoms with Crippen molar-refractivity contribution in [1.82, 2.24) is 4.98 Å². The zero-order chi connectivity index (χ0) is 23.6. The minimum atomic E-state index is -1.22. The van der Waals surface area contributed by atoms with E-state index >= 15 is 0 Å². The standard InChI is InChI=1S/C22H25N3O7/c1-12-19(14(3)26)13(2)23-20(12)21(27)15(4)32-22(28)17-11-16(5-6-18(17)25(29)30)24-7-9-31-10-8-24/h5-6,11,15,23H,7-10H2,1-4H3/t15-/m0/s1. The third-order valence-corrected chi connectivity index (χ3v) is 5.46. The Kier molecular flexibility index (Phi) is 6.73. The SMILES string of the molecule is CC(=O)c1c(C)[nH]c(C(=O)[C@H](C)OC(=O)c2cc(N3CCOCC3)ccc2[N+](=O)[O-])c1C. The summed E-state index contributed by atoms with van der Waals surface area (Å²) in [6.07, 6.45) is -1.22. The highest BCUT2D eigenvalue weighted by atomic mass is 16.6. The molecule has 1 aliphatic heterocycles. The van der Waals surface area contributed by atoms with Crippen LogP contribution in [-0.4, -0.2) is 59.9 Å². The number of morpholine rings is 1. The number of carbonyl (C=O) groups excluding carboxylic acids is 3. The van der Waals surface area contributed by atoms with Crippen molar-refractivity contribution in [3.63, 3.8) is 0 Å². The van der Waals surface area contributed by atoms with E-state index in [1.54, 1.807) is 19.9 Å². The molecule has 1 N–H and O–H groups in total. The van der Waals surface area contributed by atoms with E-state index in [1.165, 1.54) is 26.0 Å². The molecule has 1 atom stereocenters. The van der Waals surface area contributed by atoms with Crippen molar-refractivity contribution >= 4 is 28.9 Å². The number of anilines is 1. The number of nitro groups is 1. The molecular formula is C22H25N3O7. The second-order valence-corrected chi connectivity index (χ2v) is 7.65. The number of ketones is 2. The van der Waals surface area contributed by atoms with E-state index in [1.807, 2.05) is 4.90 Å². The van der Waals surface area contributed by atoms with Gasteiger partial charge in [0.05, 0.1) is 23.8 Å². The molecule has 10 heteroatoms. The third kappa shape index (κ3) is 4.54. The first-order valence-electron chi connectivity index (χ1n) is 10.2. The molecule has 2 heterocycles. The number of aryl methyl sites for hydroxylation is 1. The lowest BCUT2D eigenvalue weighted by atomic mass is 10.0. The van der Waals surface area contributed by atoms with E-state index in [0.29, 0.717) is 48.8 Å². The Morgan fingerprint density at radius 2 is 1.88 bits per heavy atom. The first kappa shape index (κ1) is 23.1. The van der Waals surface area contributed by atoms with E-state index in [4.69, 9.17) is 9.47 Å². The average Bonchev–Trinajstić information content (AvgIpc) is 3.07. The monoisotopic (exact) mass is 443 g/mol. The topological polar surface area (TPSA) is 132 Å². The molecular weight excluding hydrogens is 418 g/mol. The molecule has 10 nitrogen and oxygen atoms in total. The molecule has 32 heavy (non-hydrogen) atoms. The molecule has 1 aromatic carbocycles. The van der Waals surface area contributed by atoms with Gasteiger partial charge in [-0.25, -0.2) is 4.79 Å². The Balaban J connectivity index is 1.85. The van der Waals surface area contributed by atoms with E-state index in [9.17, 15) is 24.5 Å². The Hall–Kier alpha value is -3.53. The van der Waals surface area contributed by atoms with Crippen LogP contribution >= 0.6 is 0 Å². The summed E-state index contributed by atoms with van der Waals surface area (Å²) in [6.45, 7) is 8.31. The van der Waals surface area contributed by atoms with Gasteiger partial charge in [0.1, 0.15) is 5.56 Å². The average molecular weight is 443 g/mol. The molecule has 1 saturated heterocycles. The summed E-state index contributed by atoms with van der Waals surface area (Å²) >= 11 is 0. The quantitative estimate of drug-likeness (QED) is 0.299. The maximum atomic E-state index is 12.9. The molecule has 170 valence electrons. The zero-order valence-electron chi connectivity index (χ0n) is 18.4. The highest BCUT2D eigenvalue weighted by Crippen LogP contribution is 2.27. The Bertz CT molecular complexity index is 1080. The third-order valence-electron chi connectivity index (χ3n) is 5.46. The number of rotatable bonds is 7. The van der Waals surface area contributed by atoms with Crippen LogP contribution in [0.25, 0.3) is 0 Å². The van der Waals surface area contributed by atoms with Gasteiger partial charge in [-0.15, -0.1) is 0 Å². The number of nitrogens with zero attached hydrogens (tertiary/aromatic N) is 2. The van der Waals surface area contributed by atoms with Crippen molar-refractivity contribution in [3.8, 4) is 0 Å². The molecule has 0 spiro atoms. The predicted octanol–water partition coefficient (Wildman–Crippen LogP) is 3.01. The highest BCUT2D eigenvalue weighted by Gasteiger charge is 2.29. The minimum Gasteiger partial charge on any atom is -0.450 e. The van der Waals surface area contributed by atoms with Crippen molar-refractivity contribution in [2.45, 2.75) is 33.8 Å². The van der Waals surface area contributed by atoms with Gasteiger partial charge in [0.2, 0.25) is 5.78 Å². The summed E-state index contributed by atoms with van der Waals surface area (Å²) in [4.78, 5) is 53.2. The number of H-pyrrole nitrogens is 1. The van der Waals surface area contributed by atoms with Crippen LogP contribution in [0.1, 0.15) is 56.3 Å². The zero-order valence-corrected chi connectivity index (χ0v) is 18.4. The van der Waals surface area contributed by atoms with Gasteiger partial charge in [0.25, 0.3) is 5.69 Å². The van der Waals surface area contributed by atoms with Crippen molar-refractivity contribution in [2.24, 2.45) is 0 Å². The van der Waals surface area contributed by atoms with Gasteiger partial charge in [0.15, 0.2) is 11.9 Å². The number of ether oxygens (including phenoxy) is 2. The fourth-order valence-corrected chi connectivity index (χ4v) is 3.87. The number of nitro benzene ring substituents is 1. The molecule has 0 amide bonds. The van der Waals surface area contributed by atoms with Gasteiger partial charge in [-0.2, -0.15) is 0 Å². The van der Waals surface area contributed by atoms with E-state index < -0.39 is 28.5 Å². The lowest BCUT2D eigenvalue weighted by Gasteiger charge is -2.29. The van der Waals surface area contributed by atoms with Gasteiger partial charge in [-0.1, -0.05) is 0 Å². The molecule has 0 bridgehead atoms. The molecule has 0 aliphatic carbocycles. The number of benzene rings is 1. The first-order chi connectivity index (χ1) is 15.1. The summed E-state index contributed by atoms with van der Waals surface area (Å²) in [6, 6.07) is 4.23. The number of carbonyl (C=O) groups is 3. The molecule has 0 saturated carbocycles. The van der Waals surface area contributed by atoms with Gasteiger partial charge in [0, 0.05) is 36.1 Å². The van der Waals surface area contributed by atoms with E-state index in [2.05, 4.69) is 4.98 Å². The summed E-state index contributed by atoms with van der Waals surface area (Å²) in [5.74, 6) is -1.69.